The average molecular weight is 305 g/mol. The van der Waals surface area contributed by atoms with Gasteiger partial charge in [-0.3, -0.25) is 14.7 Å². The van der Waals surface area contributed by atoms with Crippen LogP contribution in [0.4, 0.5) is 10.5 Å². The molecule has 120 valence electrons. The quantitative estimate of drug-likeness (QED) is 0.842. The number of anilines is 1. The Balaban J connectivity index is 2.10. The van der Waals surface area contributed by atoms with Crippen LogP contribution in [0, 0.1) is 0 Å². The van der Waals surface area contributed by atoms with E-state index in [4.69, 9.17) is 4.74 Å². The van der Waals surface area contributed by atoms with Crippen LogP contribution in [0.15, 0.2) is 24.5 Å². The number of pyridine rings is 1. The predicted molar refractivity (Wildman–Crippen MR) is 83.6 cm³/mol. The normalized spacial score (nSPS) is 18.2. The molecule has 0 aromatic carbocycles. The van der Waals surface area contributed by atoms with Crippen LogP contribution < -0.4 is 4.90 Å². The zero-order chi connectivity index (χ0) is 16.3. The number of aromatic nitrogens is 1. The third kappa shape index (κ3) is 3.75. The lowest BCUT2D eigenvalue weighted by molar-refractivity contribution is -0.122. The Hall–Kier alpha value is -2.11. The van der Waals surface area contributed by atoms with E-state index in [2.05, 4.69) is 4.98 Å². The number of carbonyl (C=O) groups excluding carboxylic acids is 2. The minimum atomic E-state index is -0.567. The molecule has 0 radical (unpaired) electrons. The van der Waals surface area contributed by atoms with Crippen LogP contribution in [0.3, 0.4) is 0 Å². The molecule has 0 unspecified atom stereocenters. The molecular weight excluding hydrogens is 282 g/mol. The zero-order valence-corrected chi connectivity index (χ0v) is 13.6. The third-order valence-corrected chi connectivity index (χ3v) is 3.53. The van der Waals surface area contributed by atoms with Crippen LogP contribution in [0.5, 0.6) is 0 Å². The fourth-order valence-electron chi connectivity index (χ4n) is 2.47. The van der Waals surface area contributed by atoms with Gasteiger partial charge in [0.15, 0.2) is 0 Å². The molecule has 2 amide bonds. The first-order valence-corrected chi connectivity index (χ1v) is 7.47. The van der Waals surface area contributed by atoms with Crippen molar-refractivity contribution in [1.82, 2.24) is 9.88 Å². The first-order chi connectivity index (χ1) is 10.3. The summed E-state index contributed by atoms with van der Waals surface area (Å²) in [4.78, 5) is 32.0. The maximum absolute atomic E-state index is 12.7. The van der Waals surface area contributed by atoms with Gasteiger partial charge in [-0.05, 0) is 45.7 Å². The van der Waals surface area contributed by atoms with Crippen molar-refractivity contribution in [1.29, 1.82) is 0 Å². The van der Waals surface area contributed by atoms with Crippen molar-refractivity contribution in [2.45, 2.75) is 45.3 Å². The van der Waals surface area contributed by atoms with Crippen LogP contribution in [0.1, 0.15) is 33.6 Å². The van der Waals surface area contributed by atoms with E-state index in [9.17, 15) is 9.59 Å². The monoisotopic (exact) mass is 305 g/mol. The van der Waals surface area contributed by atoms with Gasteiger partial charge in [-0.25, -0.2) is 4.79 Å². The second-order valence-corrected chi connectivity index (χ2v) is 6.44. The Morgan fingerprint density at radius 2 is 2.14 bits per heavy atom. The summed E-state index contributed by atoms with van der Waals surface area (Å²) in [7, 11) is 1.70. The summed E-state index contributed by atoms with van der Waals surface area (Å²) in [5.74, 6) is -0.114. The van der Waals surface area contributed by atoms with Crippen molar-refractivity contribution in [2.75, 3.05) is 18.5 Å². The van der Waals surface area contributed by atoms with Gasteiger partial charge in [0.2, 0.25) is 5.91 Å². The second-order valence-electron chi connectivity index (χ2n) is 6.44. The molecule has 0 N–H and O–H groups in total. The summed E-state index contributed by atoms with van der Waals surface area (Å²) in [6.07, 6.45) is 4.32. The molecule has 2 heterocycles. The number of carbonyl (C=O) groups is 2. The molecule has 1 aromatic rings. The van der Waals surface area contributed by atoms with E-state index in [1.165, 1.54) is 4.90 Å². The molecule has 1 fully saturated rings. The van der Waals surface area contributed by atoms with Crippen molar-refractivity contribution >= 4 is 17.7 Å². The maximum atomic E-state index is 12.7. The summed E-state index contributed by atoms with van der Waals surface area (Å²) >= 11 is 0. The third-order valence-electron chi connectivity index (χ3n) is 3.53. The van der Waals surface area contributed by atoms with Crippen molar-refractivity contribution in [3.05, 3.63) is 24.5 Å². The number of amides is 2. The molecule has 6 nitrogen and oxygen atoms in total. The Bertz CT molecular complexity index is 539. The largest absolute Gasteiger partial charge is 0.444 e. The lowest BCUT2D eigenvalue weighted by Crippen LogP contribution is -2.48. The Morgan fingerprint density at radius 1 is 1.41 bits per heavy atom. The molecule has 1 saturated heterocycles. The molecule has 0 bridgehead atoms. The molecule has 2 rings (SSSR count). The Labute approximate surface area is 131 Å². The lowest BCUT2D eigenvalue weighted by Gasteiger charge is -2.30. The van der Waals surface area contributed by atoms with E-state index in [0.717, 1.165) is 6.42 Å². The SMILES string of the molecule is CN(C(=O)[C@@H]1CCCN1C(=O)OC(C)(C)C)c1cccnc1. The first-order valence-electron chi connectivity index (χ1n) is 7.47. The molecule has 22 heavy (non-hydrogen) atoms. The summed E-state index contributed by atoms with van der Waals surface area (Å²) in [5, 5.41) is 0. The van der Waals surface area contributed by atoms with Gasteiger partial charge < -0.3 is 9.64 Å². The van der Waals surface area contributed by atoms with E-state index in [-0.39, 0.29) is 5.91 Å². The van der Waals surface area contributed by atoms with E-state index < -0.39 is 17.7 Å². The number of hydrogen-bond donors (Lipinski definition) is 0. The molecular formula is C16H23N3O3. The standard InChI is InChI=1S/C16H23N3O3/c1-16(2,3)22-15(21)19-10-6-8-13(19)14(20)18(4)12-7-5-9-17-11-12/h5,7,9,11,13H,6,8,10H2,1-4H3/t13-/m0/s1. The maximum Gasteiger partial charge on any atom is 0.410 e. The fraction of sp³-hybridized carbons (Fsp3) is 0.562. The van der Waals surface area contributed by atoms with Crippen molar-refractivity contribution < 1.29 is 14.3 Å². The highest BCUT2D eigenvalue weighted by molar-refractivity contribution is 5.98. The Morgan fingerprint density at radius 3 is 2.73 bits per heavy atom. The van der Waals surface area contributed by atoms with Crippen LogP contribution >= 0.6 is 0 Å². The zero-order valence-electron chi connectivity index (χ0n) is 13.6. The molecule has 1 atom stereocenters. The average Bonchev–Trinajstić information content (AvgIpc) is 2.94. The number of likely N-dealkylation sites (N-methyl/N-ethyl adjacent to an activating group) is 1. The predicted octanol–water partition coefficient (Wildman–Crippen LogP) is 2.44. The van der Waals surface area contributed by atoms with Gasteiger partial charge in [0.1, 0.15) is 11.6 Å². The smallest absolute Gasteiger partial charge is 0.410 e. The molecule has 6 heteroatoms. The molecule has 0 saturated carbocycles. The van der Waals surface area contributed by atoms with Gasteiger partial charge in [-0.15, -0.1) is 0 Å². The first kappa shape index (κ1) is 16.3. The van der Waals surface area contributed by atoms with Crippen LogP contribution in [0.2, 0.25) is 0 Å². The number of rotatable bonds is 2. The fourth-order valence-corrected chi connectivity index (χ4v) is 2.47. The van der Waals surface area contributed by atoms with Crippen LogP contribution in [0.25, 0.3) is 0 Å². The van der Waals surface area contributed by atoms with E-state index in [1.54, 1.807) is 30.4 Å². The highest BCUT2D eigenvalue weighted by atomic mass is 16.6. The van der Waals surface area contributed by atoms with Crippen molar-refractivity contribution in [3.63, 3.8) is 0 Å². The minimum Gasteiger partial charge on any atom is -0.444 e. The van der Waals surface area contributed by atoms with Gasteiger partial charge in [-0.1, -0.05) is 0 Å². The minimum absolute atomic E-state index is 0.114. The summed E-state index contributed by atoms with van der Waals surface area (Å²) in [6.45, 7) is 6.00. The van der Waals surface area contributed by atoms with Crippen molar-refractivity contribution in [2.24, 2.45) is 0 Å². The number of ether oxygens (including phenoxy) is 1. The molecule has 0 spiro atoms. The Kier molecular flexibility index (Phi) is 4.68. The van der Waals surface area contributed by atoms with Crippen molar-refractivity contribution in [3.8, 4) is 0 Å². The van der Waals surface area contributed by atoms with Gasteiger partial charge in [0, 0.05) is 19.8 Å². The van der Waals surface area contributed by atoms with Crippen LogP contribution in [-0.4, -0.2) is 47.1 Å². The number of nitrogens with zero attached hydrogens (tertiary/aromatic N) is 3. The van der Waals surface area contributed by atoms with E-state index in [1.807, 2.05) is 26.8 Å². The van der Waals surface area contributed by atoms with Gasteiger partial charge in [-0.2, -0.15) is 0 Å². The molecule has 1 aliphatic heterocycles. The summed E-state index contributed by atoms with van der Waals surface area (Å²) in [6, 6.07) is 3.12. The van der Waals surface area contributed by atoms with E-state index >= 15 is 0 Å². The highest BCUT2D eigenvalue weighted by Gasteiger charge is 2.38. The van der Waals surface area contributed by atoms with Crippen LogP contribution in [-0.2, 0) is 9.53 Å². The molecule has 1 aliphatic rings. The second kappa shape index (κ2) is 6.34. The topological polar surface area (TPSA) is 62.7 Å². The van der Waals surface area contributed by atoms with Gasteiger partial charge >= 0.3 is 6.09 Å². The van der Waals surface area contributed by atoms with E-state index in [0.29, 0.717) is 18.7 Å². The van der Waals surface area contributed by atoms with Gasteiger partial charge in [0.05, 0.1) is 11.9 Å². The summed E-state index contributed by atoms with van der Waals surface area (Å²) in [5.41, 5.74) is 0.145. The summed E-state index contributed by atoms with van der Waals surface area (Å²) < 4.78 is 5.39. The molecule has 1 aromatic heterocycles. The molecule has 0 aliphatic carbocycles. The number of hydrogen-bond acceptors (Lipinski definition) is 4. The highest BCUT2D eigenvalue weighted by Crippen LogP contribution is 2.23. The van der Waals surface area contributed by atoms with Gasteiger partial charge in [0.25, 0.3) is 0 Å². The number of likely N-dealkylation sites (tertiary alicyclic amines) is 1. The lowest BCUT2D eigenvalue weighted by atomic mass is 10.2.